The van der Waals surface area contributed by atoms with Crippen molar-refractivity contribution in [3.05, 3.63) is 0 Å². The normalized spacial score (nSPS) is 40.7. The van der Waals surface area contributed by atoms with Crippen LogP contribution in [0.15, 0.2) is 0 Å². The number of carbonyl (C=O) groups excluding carboxylic acids is 1. The summed E-state index contributed by atoms with van der Waals surface area (Å²) in [5, 5.41) is 13.2. The Hall–Kier alpha value is -0.610. The first-order valence-electron chi connectivity index (χ1n) is 7.13. The van der Waals surface area contributed by atoms with Crippen molar-refractivity contribution >= 4 is 5.91 Å². The highest BCUT2D eigenvalue weighted by molar-refractivity contribution is 5.78. The van der Waals surface area contributed by atoms with Gasteiger partial charge in [-0.2, -0.15) is 0 Å². The minimum absolute atomic E-state index is 0.106. The van der Waals surface area contributed by atoms with Gasteiger partial charge in [-0.05, 0) is 38.5 Å². The summed E-state index contributed by atoms with van der Waals surface area (Å²) < 4.78 is 5.36. The minimum Gasteiger partial charge on any atom is -0.385 e. The third-order valence-corrected chi connectivity index (χ3v) is 4.61. The molecule has 2 atom stereocenters. The molecule has 2 rings (SSSR count). The molecule has 0 aromatic heterocycles. The summed E-state index contributed by atoms with van der Waals surface area (Å²) >= 11 is 0. The fraction of sp³-hybridized carbons (Fsp3) is 0.929. The van der Waals surface area contributed by atoms with Crippen molar-refractivity contribution in [3.63, 3.8) is 0 Å². The van der Waals surface area contributed by atoms with Crippen LogP contribution in [-0.2, 0) is 9.53 Å². The van der Waals surface area contributed by atoms with Gasteiger partial charge in [0.2, 0.25) is 5.91 Å². The fourth-order valence-electron chi connectivity index (χ4n) is 2.91. The van der Waals surface area contributed by atoms with Gasteiger partial charge in [0.15, 0.2) is 0 Å². The highest BCUT2D eigenvalue weighted by atomic mass is 16.5. The third-order valence-electron chi connectivity index (χ3n) is 4.61. The van der Waals surface area contributed by atoms with Gasteiger partial charge in [0.05, 0.1) is 6.10 Å². The predicted molar refractivity (Wildman–Crippen MR) is 69.1 cm³/mol. The molecule has 4 nitrogen and oxygen atoms in total. The SMILES string of the molecule is CC1CCC(C(=O)NCC2(O)CCOC2C)CC1. The van der Waals surface area contributed by atoms with E-state index >= 15 is 0 Å². The standard InChI is InChI=1S/C14H25NO3/c1-10-3-5-12(6-4-10)13(16)15-9-14(17)7-8-18-11(14)2/h10-12,17H,3-9H2,1-2H3,(H,15,16). The first kappa shape index (κ1) is 13.8. The van der Waals surface area contributed by atoms with E-state index < -0.39 is 5.60 Å². The Morgan fingerprint density at radius 2 is 2.00 bits per heavy atom. The number of hydrogen-bond acceptors (Lipinski definition) is 3. The first-order valence-corrected chi connectivity index (χ1v) is 7.13. The van der Waals surface area contributed by atoms with E-state index in [-0.39, 0.29) is 17.9 Å². The van der Waals surface area contributed by atoms with Crippen LogP contribution in [0.1, 0.15) is 46.0 Å². The van der Waals surface area contributed by atoms with E-state index in [9.17, 15) is 9.90 Å². The van der Waals surface area contributed by atoms with Crippen molar-refractivity contribution in [2.75, 3.05) is 13.2 Å². The lowest BCUT2D eigenvalue weighted by Crippen LogP contribution is -2.48. The lowest BCUT2D eigenvalue weighted by molar-refractivity contribution is -0.128. The molecule has 2 N–H and O–H groups in total. The Morgan fingerprint density at radius 3 is 2.56 bits per heavy atom. The molecule has 1 saturated heterocycles. The Labute approximate surface area is 109 Å². The molecular weight excluding hydrogens is 230 g/mol. The van der Waals surface area contributed by atoms with Crippen LogP contribution in [0.25, 0.3) is 0 Å². The van der Waals surface area contributed by atoms with Gasteiger partial charge >= 0.3 is 0 Å². The molecule has 0 spiro atoms. The maximum Gasteiger partial charge on any atom is 0.223 e. The van der Waals surface area contributed by atoms with E-state index in [0.717, 1.165) is 31.6 Å². The Kier molecular flexibility index (Phi) is 4.28. The quantitative estimate of drug-likeness (QED) is 0.803. The monoisotopic (exact) mass is 255 g/mol. The molecule has 4 heteroatoms. The molecule has 1 aliphatic heterocycles. The highest BCUT2D eigenvalue weighted by Crippen LogP contribution is 2.29. The zero-order chi connectivity index (χ0) is 13.2. The lowest BCUT2D eigenvalue weighted by Gasteiger charge is -2.29. The number of hydrogen-bond donors (Lipinski definition) is 2. The van der Waals surface area contributed by atoms with Crippen LogP contribution < -0.4 is 5.32 Å². The van der Waals surface area contributed by atoms with Crippen LogP contribution in [0.4, 0.5) is 0 Å². The third kappa shape index (κ3) is 3.04. The molecular formula is C14H25NO3. The molecule has 0 radical (unpaired) electrons. The highest BCUT2D eigenvalue weighted by Gasteiger charge is 2.40. The van der Waals surface area contributed by atoms with Crippen molar-refractivity contribution in [2.45, 2.75) is 57.7 Å². The summed E-state index contributed by atoms with van der Waals surface area (Å²) in [7, 11) is 0. The predicted octanol–water partition coefficient (Wildman–Crippen LogP) is 1.47. The van der Waals surface area contributed by atoms with Gasteiger partial charge in [-0.3, -0.25) is 4.79 Å². The number of rotatable bonds is 3. The van der Waals surface area contributed by atoms with Crippen LogP contribution in [0.2, 0.25) is 0 Å². The number of ether oxygens (including phenoxy) is 1. The number of carbonyl (C=O) groups is 1. The van der Waals surface area contributed by atoms with Crippen LogP contribution >= 0.6 is 0 Å². The van der Waals surface area contributed by atoms with Crippen molar-refractivity contribution < 1.29 is 14.6 Å². The summed E-state index contributed by atoms with van der Waals surface area (Å²) in [5.41, 5.74) is -0.877. The second-order valence-corrected chi connectivity index (χ2v) is 6.04. The first-order chi connectivity index (χ1) is 8.51. The number of nitrogens with one attached hydrogen (secondary N) is 1. The summed E-state index contributed by atoms with van der Waals surface area (Å²) in [5.74, 6) is 0.998. The Bertz CT molecular complexity index is 299. The van der Waals surface area contributed by atoms with Gasteiger partial charge in [0.1, 0.15) is 5.60 Å². The summed E-state index contributed by atoms with van der Waals surface area (Å²) in [6.07, 6.45) is 4.67. The van der Waals surface area contributed by atoms with E-state index in [1.165, 1.54) is 0 Å². The van der Waals surface area contributed by atoms with E-state index in [1.54, 1.807) is 0 Å². The molecule has 2 aliphatic rings. The van der Waals surface area contributed by atoms with Crippen LogP contribution in [0.3, 0.4) is 0 Å². The number of aliphatic hydroxyl groups is 1. The molecule has 18 heavy (non-hydrogen) atoms. The van der Waals surface area contributed by atoms with Crippen LogP contribution in [-0.4, -0.2) is 35.9 Å². The maximum absolute atomic E-state index is 12.0. The zero-order valence-corrected chi connectivity index (χ0v) is 11.4. The van der Waals surface area contributed by atoms with Crippen molar-refractivity contribution in [1.29, 1.82) is 0 Å². The second-order valence-electron chi connectivity index (χ2n) is 6.04. The zero-order valence-electron chi connectivity index (χ0n) is 11.4. The fourth-order valence-corrected chi connectivity index (χ4v) is 2.91. The van der Waals surface area contributed by atoms with Crippen molar-refractivity contribution in [3.8, 4) is 0 Å². The molecule has 2 unspecified atom stereocenters. The topological polar surface area (TPSA) is 58.6 Å². The van der Waals surface area contributed by atoms with Crippen LogP contribution in [0, 0.1) is 11.8 Å². The van der Waals surface area contributed by atoms with Gasteiger partial charge in [-0.15, -0.1) is 0 Å². The molecule has 1 saturated carbocycles. The van der Waals surface area contributed by atoms with Crippen LogP contribution in [0.5, 0.6) is 0 Å². The summed E-state index contributed by atoms with van der Waals surface area (Å²) in [6.45, 7) is 5.00. The molecule has 1 aliphatic carbocycles. The maximum atomic E-state index is 12.0. The summed E-state index contributed by atoms with van der Waals surface area (Å²) in [4.78, 5) is 12.0. The Balaban J connectivity index is 1.78. The van der Waals surface area contributed by atoms with E-state index in [4.69, 9.17) is 4.74 Å². The molecule has 104 valence electrons. The van der Waals surface area contributed by atoms with Gasteiger partial charge in [0, 0.05) is 25.5 Å². The molecule has 0 aromatic rings. The smallest absolute Gasteiger partial charge is 0.223 e. The van der Waals surface area contributed by atoms with Gasteiger partial charge in [-0.25, -0.2) is 0 Å². The average Bonchev–Trinajstić information content (AvgIpc) is 2.68. The van der Waals surface area contributed by atoms with E-state index in [0.29, 0.717) is 19.6 Å². The van der Waals surface area contributed by atoms with Gasteiger partial charge in [-0.1, -0.05) is 6.92 Å². The minimum atomic E-state index is -0.877. The van der Waals surface area contributed by atoms with Gasteiger partial charge in [0.25, 0.3) is 0 Å². The van der Waals surface area contributed by atoms with E-state index in [2.05, 4.69) is 12.2 Å². The Morgan fingerprint density at radius 1 is 1.33 bits per heavy atom. The van der Waals surface area contributed by atoms with Crippen molar-refractivity contribution in [1.82, 2.24) is 5.32 Å². The molecule has 1 heterocycles. The average molecular weight is 255 g/mol. The molecule has 0 aromatic carbocycles. The van der Waals surface area contributed by atoms with Crippen molar-refractivity contribution in [2.24, 2.45) is 11.8 Å². The largest absolute Gasteiger partial charge is 0.385 e. The van der Waals surface area contributed by atoms with Gasteiger partial charge < -0.3 is 15.2 Å². The van der Waals surface area contributed by atoms with E-state index in [1.807, 2.05) is 6.92 Å². The lowest BCUT2D eigenvalue weighted by atomic mass is 9.82. The molecule has 0 bridgehead atoms. The second kappa shape index (κ2) is 5.57. The molecule has 1 amide bonds. The molecule has 2 fully saturated rings. The summed E-state index contributed by atoms with van der Waals surface area (Å²) in [6, 6.07) is 0. The number of amides is 1.